The molecular formula is C50H26N4O. The molecule has 0 aliphatic heterocycles. The number of aromatic nitrogens is 4. The number of para-hydroxylation sites is 1. The zero-order chi connectivity index (χ0) is 35.5. The maximum absolute atomic E-state index is 6.69. The average Bonchev–Trinajstić information content (AvgIpc) is 3.87. The van der Waals surface area contributed by atoms with Gasteiger partial charge in [-0.3, -0.25) is 4.57 Å². The van der Waals surface area contributed by atoms with Crippen molar-refractivity contribution >= 4 is 114 Å². The Morgan fingerprint density at radius 3 is 1.82 bits per heavy atom. The van der Waals surface area contributed by atoms with Crippen molar-refractivity contribution in [1.29, 1.82) is 0 Å². The summed E-state index contributed by atoms with van der Waals surface area (Å²) in [5.74, 6) is 0.803. The van der Waals surface area contributed by atoms with E-state index in [1.54, 1.807) is 0 Å². The van der Waals surface area contributed by atoms with E-state index in [1.165, 1.54) is 43.4 Å². The van der Waals surface area contributed by atoms with Crippen LogP contribution in [0.2, 0.25) is 0 Å². The Balaban J connectivity index is 1.25. The normalized spacial score (nSPS) is 12.7. The van der Waals surface area contributed by atoms with Crippen LogP contribution in [0.5, 0.6) is 0 Å². The molecule has 14 aromatic rings. The lowest BCUT2D eigenvalue weighted by Crippen LogP contribution is -2.05. The van der Waals surface area contributed by atoms with Gasteiger partial charge in [0.1, 0.15) is 16.9 Å². The third-order valence-electron chi connectivity index (χ3n) is 12.2. The largest absolute Gasteiger partial charge is 0.456 e. The first kappa shape index (κ1) is 28.1. The maximum atomic E-state index is 6.69. The summed E-state index contributed by atoms with van der Waals surface area (Å²) in [5, 5.41) is 14.0. The van der Waals surface area contributed by atoms with Crippen LogP contribution >= 0.6 is 0 Å². The molecule has 5 heterocycles. The number of hydrogen-bond acceptors (Lipinski definition) is 3. The molecule has 0 unspecified atom stereocenters. The molecule has 0 saturated heterocycles. The van der Waals surface area contributed by atoms with Crippen LogP contribution in [0.15, 0.2) is 162 Å². The Morgan fingerprint density at radius 1 is 0.382 bits per heavy atom. The molecule has 0 bridgehead atoms. The molecule has 14 rings (SSSR count). The first-order chi connectivity index (χ1) is 27.3. The van der Waals surface area contributed by atoms with E-state index in [4.69, 9.17) is 14.4 Å². The van der Waals surface area contributed by atoms with Crippen LogP contribution in [0, 0.1) is 0 Å². The fourth-order valence-corrected chi connectivity index (χ4v) is 10.0. The summed E-state index contributed by atoms with van der Waals surface area (Å²) in [6, 6.07) is 56.5. The molecule has 5 heteroatoms. The molecule has 0 aliphatic rings. The van der Waals surface area contributed by atoms with E-state index in [1.807, 2.05) is 0 Å². The van der Waals surface area contributed by atoms with Crippen molar-refractivity contribution in [2.24, 2.45) is 0 Å². The number of fused-ring (bicyclic) bond motifs is 11. The van der Waals surface area contributed by atoms with Crippen LogP contribution in [-0.2, 0) is 0 Å². The van der Waals surface area contributed by atoms with Gasteiger partial charge < -0.3 is 8.82 Å². The molecule has 0 amide bonds. The monoisotopic (exact) mass is 698 g/mol. The standard InChI is InChI=1S/C50H26N4O/c1-2-13-28-27(11-1)12-9-19-32(28)48-50(52-47-34-18-6-4-15-30(34)29-14-3-5-17-33(29)46(47)51-48)54-38-22-10-21-37-42(38)43-39(54)24-26-40-44(43)45-41(55-40)25-23-35-31-16-7-8-20-36(31)53(37)49(35)45/h1-26H. The van der Waals surface area contributed by atoms with Crippen LogP contribution < -0.4 is 0 Å². The Hall–Kier alpha value is -7.50. The molecule has 0 fully saturated rings. The van der Waals surface area contributed by atoms with Crippen molar-refractivity contribution in [1.82, 2.24) is 18.9 Å². The van der Waals surface area contributed by atoms with Crippen molar-refractivity contribution in [2.75, 3.05) is 0 Å². The Morgan fingerprint density at radius 2 is 0.982 bits per heavy atom. The van der Waals surface area contributed by atoms with Crippen molar-refractivity contribution in [3.8, 4) is 17.1 Å². The topological polar surface area (TPSA) is 48.3 Å². The van der Waals surface area contributed by atoms with Crippen LogP contribution in [0.3, 0.4) is 0 Å². The van der Waals surface area contributed by atoms with Gasteiger partial charge in [0.05, 0.1) is 44.0 Å². The number of hydrogen-bond donors (Lipinski definition) is 0. The summed E-state index contributed by atoms with van der Waals surface area (Å²) in [5.41, 5.74) is 11.2. The van der Waals surface area contributed by atoms with E-state index in [0.29, 0.717) is 0 Å². The summed E-state index contributed by atoms with van der Waals surface area (Å²) in [6.45, 7) is 0. The maximum Gasteiger partial charge on any atom is 0.165 e. The van der Waals surface area contributed by atoms with Crippen LogP contribution in [0.1, 0.15) is 0 Å². The number of benzene rings is 9. The summed E-state index contributed by atoms with van der Waals surface area (Å²) in [7, 11) is 0. The van der Waals surface area contributed by atoms with E-state index in [-0.39, 0.29) is 0 Å². The summed E-state index contributed by atoms with van der Waals surface area (Å²) >= 11 is 0. The number of rotatable bonds is 2. The van der Waals surface area contributed by atoms with E-state index < -0.39 is 0 Å². The van der Waals surface area contributed by atoms with Crippen LogP contribution in [0.25, 0.3) is 131 Å². The predicted octanol–water partition coefficient (Wildman–Crippen LogP) is 13.2. The minimum absolute atomic E-state index is 0.803. The highest BCUT2D eigenvalue weighted by Gasteiger charge is 2.28. The number of nitrogens with zero attached hydrogens (tertiary/aromatic N) is 4. The van der Waals surface area contributed by atoms with Crippen molar-refractivity contribution in [3.63, 3.8) is 0 Å². The van der Waals surface area contributed by atoms with Gasteiger partial charge in [-0.25, -0.2) is 9.97 Å². The minimum atomic E-state index is 0.803. The molecule has 0 spiro atoms. The molecule has 0 aliphatic carbocycles. The smallest absolute Gasteiger partial charge is 0.165 e. The first-order valence-electron chi connectivity index (χ1n) is 18.8. The quantitative estimate of drug-likeness (QED) is 0.169. The second-order valence-electron chi connectivity index (χ2n) is 14.8. The van der Waals surface area contributed by atoms with Crippen LogP contribution in [0.4, 0.5) is 0 Å². The van der Waals surface area contributed by atoms with Gasteiger partial charge in [0.2, 0.25) is 0 Å². The number of furan rings is 1. The first-order valence-corrected chi connectivity index (χ1v) is 18.8. The Labute approximate surface area is 311 Å². The molecule has 0 saturated carbocycles. The molecule has 0 atom stereocenters. The third kappa shape index (κ3) is 3.32. The summed E-state index contributed by atoms with van der Waals surface area (Å²) in [4.78, 5) is 11.5. The molecule has 5 nitrogen and oxygen atoms in total. The lowest BCUT2D eigenvalue weighted by atomic mass is 9.98. The van der Waals surface area contributed by atoms with E-state index in [9.17, 15) is 0 Å². The SMILES string of the molecule is c1ccc2c(-c3nc4c5ccccc5c5ccccc5c4nc3-n3c4ccc5oc6ccc7c8ccccc8n8c9cccc3c9c4c5c6c78)cccc2c1. The van der Waals surface area contributed by atoms with Crippen LogP contribution in [-0.4, -0.2) is 18.9 Å². The summed E-state index contributed by atoms with van der Waals surface area (Å²) in [6.07, 6.45) is 0. The lowest BCUT2D eigenvalue weighted by molar-refractivity contribution is 0.669. The second-order valence-corrected chi connectivity index (χ2v) is 14.8. The highest BCUT2D eigenvalue weighted by molar-refractivity contribution is 6.37. The lowest BCUT2D eigenvalue weighted by Gasteiger charge is -2.17. The van der Waals surface area contributed by atoms with Gasteiger partial charge in [-0.15, -0.1) is 0 Å². The van der Waals surface area contributed by atoms with Gasteiger partial charge in [-0.1, -0.05) is 115 Å². The van der Waals surface area contributed by atoms with Gasteiger partial charge in [0.25, 0.3) is 0 Å². The average molecular weight is 699 g/mol. The Bertz CT molecular complexity index is 3950. The van der Waals surface area contributed by atoms with Crippen molar-refractivity contribution in [3.05, 3.63) is 158 Å². The molecule has 9 aromatic carbocycles. The molecule has 5 aromatic heterocycles. The van der Waals surface area contributed by atoms with Gasteiger partial charge in [0, 0.05) is 43.3 Å². The third-order valence-corrected chi connectivity index (χ3v) is 12.2. The van der Waals surface area contributed by atoms with Gasteiger partial charge in [-0.05, 0) is 64.0 Å². The van der Waals surface area contributed by atoms with E-state index in [2.05, 4.69) is 167 Å². The Kier molecular flexibility index (Phi) is 4.96. The fourth-order valence-electron chi connectivity index (χ4n) is 10.0. The minimum Gasteiger partial charge on any atom is -0.456 e. The zero-order valence-electron chi connectivity index (χ0n) is 29.2. The molecular weight excluding hydrogens is 673 g/mol. The highest BCUT2D eigenvalue weighted by Crippen LogP contribution is 2.49. The predicted molar refractivity (Wildman–Crippen MR) is 227 cm³/mol. The zero-order valence-corrected chi connectivity index (χ0v) is 29.2. The van der Waals surface area contributed by atoms with E-state index in [0.717, 1.165) is 88.1 Å². The molecule has 55 heavy (non-hydrogen) atoms. The van der Waals surface area contributed by atoms with Gasteiger partial charge >= 0.3 is 0 Å². The van der Waals surface area contributed by atoms with Crippen molar-refractivity contribution < 1.29 is 4.42 Å². The highest BCUT2D eigenvalue weighted by atomic mass is 16.3. The second kappa shape index (κ2) is 9.72. The molecule has 0 N–H and O–H groups in total. The van der Waals surface area contributed by atoms with Gasteiger partial charge in [0.15, 0.2) is 5.82 Å². The molecule has 0 radical (unpaired) electrons. The fraction of sp³-hybridized carbons (Fsp3) is 0. The van der Waals surface area contributed by atoms with Gasteiger partial charge in [-0.2, -0.15) is 0 Å². The van der Waals surface area contributed by atoms with Crippen molar-refractivity contribution in [2.45, 2.75) is 0 Å². The summed E-state index contributed by atoms with van der Waals surface area (Å²) < 4.78 is 11.5. The van der Waals surface area contributed by atoms with E-state index >= 15 is 0 Å². The molecule has 252 valence electrons.